The molecular formula is C7H18N2. The van der Waals surface area contributed by atoms with E-state index < -0.39 is 0 Å². The van der Waals surface area contributed by atoms with Crippen molar-refractivity contribution in [1.82, 2.24) is 0 Å². The highest BCUT2D eigenvalue weighted by atomic mass is 14.5. The molecule has 0 aromatic rings. The fourth-order valence-electron chi connectivity index (χ4n) is 0.0556. The summed E-state index contributed by atoms with van der Waals surface area (Å²) in [5.74, 6) is 0. The van der Waals surface area contributed by atoms with E-state index in [0.29, 0.717) is 0 Å². The first-order valence-electron chi connectivity index (χ1n) is 3.29. The molecule has 3 N–H and O–H groups in total. The Morgan fingerprint density at radius 2 is 1.44 bits per heavy atom. The molecule has 0 aromatic carbocycles. The van der Waals surface area contributed by atoms with Crippen molar-refractivity contribution in [3.05, 3.63) is 12.3 Å². The van der Waals surface area contributed by atoms with Gasteiger partial charge in [0.1, 0.15) is 0 Å². The predicted octanol–water partition coefficient (Wildman–Crippen LogP) is 2.16. The van der Waals surface area contributed by atoms with Crippen molar-refractivity contribution in [3.63, 3.8) is 0 Å². The van der Waals surface area contributed by atoms with E-state index in [4.69, 9.17) is 11.1 Å². The summed E-state index contributed by atoms with van der Waals surface area (Å²) in [7, 11) is 0. The quantitative estimate of drug-likeness (QED) is 0.525. The van der Waals surface area contributed by atoms with Gasteiger partial charge < -0.3 is 11.1 Å². The summed E-state index contributed by atoms with van der Waals surface area (Å²) < 4.78 is 0. The SMILES string of the molecule is CC.CC.N=C/C=C\N. The van der Waals surface area contributed by atoms with Gasteiger partial charge in [0.15, 0.2) is 0 Å². The van der Waals surface area contributed by atoms with Crippen LogP contribution in [0.1, 0.15) is 27.7 Å². The molecule has 0 saturated carbocycles. The normalized spacial score (nSPS) is 6.22. The maximum absolute atomic E-state index is 6.31. The summed E-state index contributed by atoms with van der Waals surface area (Å²) in [5.41, 5.74) is 4.81. The highest BCUT2D eigenvalue weighted by molar-refractivity contribution is 5.67. The van der Waals surface area contributed by atoms with E-state index in [9.17, 15) is 0 Å². The molecule has 0 spiro atoms. The third kappa shape index (κ3) is 134. The number of nitrogens with two attached hydrogens (primary N) is 1. The standard InChI is InChI=1S/C3H6N2.2C2H6/c4-2-1-3-5;2*1-2/h1-4H,5H2;2*1-2H3/b3-1-,4-2?;;. The Labute approximate surface area is 58.3 Å². The van der Waals surface area contributed by atoms with Gasteiger partial charge in [-0.25, -0.2) is 0 Å². The van der Waals surface area contributed by atoms with E-state index in [1.165, 1.54) is 12.3 Å². The minimum absolute atomic E-state index is 1.12. The van der Waals surface area contributed by atoms with Crippen LogP contribution in [0.15, 0.2) is 12.3 Å². The second-order valence-corrected chi connectivity index (χ2v) is 0.552. The molecule has 0 aliphatic rings. The highest BCUT2D eigenvalue weighted by Gasteiger charge is 1.43. The lowest BCUT2D eigenvalue weighted by molar-refractivity contribution is 1.50. The maximum Gasteiger partial charge on any atom is 0.0192 e. The molecule has 0 saturated heterocycles. The summed E-state index contributed by atoms with van der Waals surface area (Å²) in [6.07, 6.45) is 3.88. The van der Waals surface area contributed by atoms with Crippen LogP contribution in [-0.2, 0) is 0 Å². The van der Waals surface area contributed by atoms with Crippen molar-refractivity contribution in [2.75, 3.05) is 0 Å². The molecule has 0 unspecified atom stereocenters. The topological polar surface area (TPSA) is 49.9 Å². The van der Waals surface area contributed by atoms with Crippen LogP contribution in [0.3, 0.4) is 0 Å². The van der Waals surface area contributed by atoms with Gasteiger partial charge in [0.2, 0.25) is 0 Å². The molecule has 0 heterocycles. The molecule has 0 aliphatic carbocycles. The molecule has 0 bridgehead atoms. The molecule has 2 heteroatoms. The van der Waals surface area contributed by atoms with Crippen LogP contribution < -0.4 is 5.73 Å². The van der Waals surface area contributed by atoms with Crippen molar-refractivity contribution in [2.24, 2.45) is 5.73 Å². The second kappa shape index (κ2) is 56.9. The van der Waals surface area contributed by atoms with Gasteiger partial charge in [-0.1, -0.05) is 27.7 Å². The Bertz CT molecular complexity index is 48.9. The fourth-order valence-corrected chi connectivity index (χ4v) is 0.0556. The average Bonchev–Trinajstić information content (AvgIpc) is 1.98. The fraction of sp³-hybridized carbons (Fsp3) is 0.571. The lowest BCUT2D eigenvalue weighted by Gasteiger charge is -1.57. The zero-order valence-electron chi connectivity index (χ0n) is 6.81. The third-order valence-electron chi connectivity index (χ3n) is 0.207. The van der Waals surface area contributed by atoms with Crippen molar-refractivity contribution >= 4 is 6.21 Å². The minimum Gasteiger partial charge on any atom is -0.405 e. The van der Waals surface area contributed by atoms with Crippen molar-refractivity contribution in [2.45, 2.75) is 27.7 Å². The Morgan fingerprint density at radius 1 is 1.11 bits per heavy atom. The van der Waals surface area contributed by atoms with Gasteiger partial charge in [-0.3, -0.25) is 0 Å². The first-order valence-corrected chi connectivity index (χ1v) is 3.29. The molecule has 0 rings (SSSR count). The van der Waals surface area contributed by atoms with Crippen LogP contribution in [0.4, 0.5) is 0 Å². The number of nitrogens with one attached hydrogen (secondary N) is 1. The summed E-state index contributed by atoms with van der Waals surface area (Å²) in [4.78, 5) is 0. The van der Waals surface area contributed by atoms with Crippen LogP contribution in [-0.4, -0.2) is 6.21 Å². The van der Waals surface area contributed by atoms with Gasteiger partial charge in [-0.2, -0.15) is 0 Å². The first kappa shape index (κ1) is 15.7. The Hall–Kier alpha value is -0.790. The van der Waals surface area contributed by atoms with Crippen LogP contribution in [0.2, 0.25) is 0 Å². The molecule has 0 fully saturated rings. The summed E-state index contributed by atoms with van der Waals surface area (Å²) in [5, 5.41) is 6.31. The molecule has 0 amide bonds. The maximum atomic E-state index is 6.31. The van der Waals surface area contributed by atoms with Crippen molar-refractivity contribution < 1.29 is 0 Å². The van der Waals surface area contributed by atoms with E-state index in [-0.39, 0.29) is 0 Å². The first-order chi connectivity index (χ1) is 4.41. The summed E-state index contributed by atoms with van der Waals surface area (Å²) >= 11 is 0. The molecule has 0 atom stereocenters. The van der Waals surface area contributed by atoms with Gasteiger partial charge in [-0.15, -0.1) is 0 Å². The van der Waals surface area contributed by atoms with E-state index in [1.54, 1.807) is 0 Å². The third-order valence-corrected chi connectivity index (χ3v) is 0.207. The minimum atomic E-state index is 1.12. The molecule has 2 nitrogen and oxygen atoms in total. The smallest absolute Gasteiger partial charge is 0.0192 e. The van der Waals surface area contributed by atoms with Gasteiger partial charge in [0.05, 0.1) is 0 Å². The number of hydrogen-bond donors (Lipinski definition) is 2. The Kier molecular flexibility index (Phi) is 99.5. The van der Waals surface area contributed by atoms with Crippen LogP contribution >= 0.6 is 0 Å². The average molecular weight is 130 g/mol. The largest absolute Gasteiger partial charge is 0.405 e. The Balaban J connectivity index is -0.0000000771. The molecule has 0 radical (unpaired) electrons. The van der Waals surface area contributed by atoms with Gasteiger partial charge in [0.25, 0.3) is 0 Å². The predicted molar refractivity (Wildman–Crippen MR) is 44.8 cm³/mol. The lowest BCUT2D eigenvalue weighted by atomic mass is 10.7. The zero-order chi connectivity index (χ0) is 8.12. The van der Waals surface area contributed by atoms with Crippen molar-refractivity contribution in [1.29, 1.82) is 5.41 Å². The van der Waals surface area contributed by atoms with E-state index >= 15 is 0 Å². The molecule has 56 valence electrons. The number of allylic oxidation sites excluding steroid dienone is 1. The van der Waals surface area contributed by atoms with Crippen LogP contribution in [0.25, 0.3) is 0 Å². The molecular weight excluding hydrogens is 112 g/mol. The zero-order valence-corrected chi connectivity index (χ0v) is 6.81. The van der Waals surface area contributed by atoms with Crippen LogP contribution in [0.5, 0.6) is 0 Å². The van der Waals surface area contributed by atoms with Crippen molar-refractivity contribution in [3.8, 4) is 0 Å². The lowest BCUT2D eigenvalue weighted by Crippen LogP contribution is -1.73. The van der Waals surface area contributed by atoms with Crippen LogP contribution in [0, 0.1) is 5.41 Å². The number of hydrogen-bond acceptors (Lipinski definition) is 2. The Morgan fingerprint density at radius 3 is 1.44 bits per heavy atom. The van der Waals surface area contributed by atoms with Gasteiger partial charge in [0, 0.05) is 6.21 Å². The number of rotatable bonds is 1. The van der Waals surface area contributed by atoms with E-state index in [2.05, 4.69) is 0 Å². The highest BCUT2D eigenvalue weighted by Crippen LogP contribution is 1.45. The van der Waals surface area contributed by atoms with E-state index in [0.717, 1.165) is 6.21 Å². The summed E-state index contributed by atoms with van der Waals surface area (Å²) in [6.45, 7) is 8.00. The molecule has 0 aliphatic heterocycles. The molecule has 0 aromatic heterocycles. The summed E-state index contributed by atoms with van der Waals surface area (Å²) in [6, 6.07) is 0. The van der Waals surface area contributed by atoms with Gasteiger partial charge in [-0.05, 0) is 12.3 Å². The second-order valence-electron chi connectivity index (χ2n) is 0.552. The van der Waals surface area contributed by atoms with E-state index in [1.807, 2.05) is 27.7 Å². The van der Waals surface area contributed by atoms with Gasteiger partial charge >= 0.3 is 0 Å². The molecule has 9 heavy (non-hydrogen) atoms. The monoisotopic (exact) mass is 130 g/mol.